The summed E-state index contributed by atoms with van der Waals surface area (Å²) >= 11 is 6.27. The monoisotopic (exact) mass is 522 g/mol. The molecule has 37 heavy (non-hydrogen) atoms. The summed E-state index contributed by atoms with van der Waals surface area (Å²) in [5.41, 5.74) is 2.74. The number of nitrogens with one attached hydrogen (secondary N) is 1. The van der Waals surface area contributed by atoms with Crippen LogP contribution in [0.2, 0.25) is 5.02 Å². The predicted octanol–water partition coefficient (Wildman–Crippen LogP) is 6.56. The van der Waals surface area contributed by atoms with E-state index in [9.17, 15) is 4.79 Å². The lowest BCUT2D eigenvalue weighted by Crippen LogP contribution is -2.34. The highest BCUT2D eigenvalue weighted by Crippen LogP contribution is 2.37. The maximum atomic E-state index is 13.2. The van der Waals surface area contributed by atoms with Gasteiger partial charge in [-0.05, 0) is 79.9 Å². The molecule has 0 spiro atoms. The number of hydrogen-bond acceptors (Lipinski definition) is 6. The van der Waals surface area contributed by atoms with Crippen LogP contribution >= 0.6 is 11.6 Å². The van der Waals surface area contributed by atoms with Crippen molar-refractivity contribution in [3.05, 3.63) is 70.7 Å². The van der Waals surface area contributed by atoms with E-state index in [1.54, 1.807) is 18.2 Å². The van der Waals surface area contributed by atoms with Crippen LogP contribution in [0.15, 0.2) is 54.6 Å². The third kappa shape index (κ3) is 6.48. The number of nitrogens with zero attached hydrogens (tertiary/aromatic N) is 1. The molecule has 2 aliphatic rings. The van der Waals surface area contributed by atoms with Gasteiger partial charge in [-0.2, -0.15) is 0 Å². The second-order valence-corrected chi connectivity index (χ2v) is 9.78. The Labute approximate surface area is 222 Å². The first-order valence-corrected chi connectivity index (χ1v) is 13.0. The van der Waals surface area contributed by atoms with Crippen LogP contribution in [0.5, 0.6) is 28.7 Å². The van der Waals surface area contributed by atoms with Crippen LogP contribution < -0.4 is 24.3 Å². The molecular weight excluding hydrogens is 492 g/mol. The van der Waals surface area contributed by atoms with Crippen LogP contribution in [0.4, 0.5) is 5.69 Å². The van der Waals surface area contributed by atoms with Crippen molar-refractivity contribution in [2.45, 2.75) is 39.2 Å². The van der Waals surface area contributed by atoms with E-state index < -0.39 is 0 Å². The number of halogens is 1. The van der Waals surface area contributed by atoms with Crippen LogP contribution in [0, 0.1) is 6.92 Å². The van der Waals surface area contributed by atoms with Gasteiger partial charge in [0.25, 0.3) is 0 Å². The Morgan fingerprint density at radius 2 is 1.65 bits per heavy atom. The molecular formula is C29H31ClN2O5. The van der Waals surface area contributed by atoms with Gasteiger partial charge in [0.2, 0.25) is 12.7 Å². The molecule has 0 fully saturated rings. The number of para-hydroxylation sites is 2. The van der Waals surface area contributed by atoms with Crippen molar-refractivity contribution in [3.63, 3.8) is 0 Å². The van der Waals surface area contributed by atoms with E-state index in [0.717, 1.165) is 54.9 Å². The number of anilines is 1. The zero-order chi connectivity index (χ0) is 25.6. The third-order valence-electron chi connectivity index (χ3n) is 6.50. The number of benzene rings is 3. The summed E-state index contributed by atoms with van der Waals surface area (Å²) < 4.78 is 23.3. The standard InChI is InChI=1S/C29H31ClN2O5/c1-20-14-27-28(36-19-35-27)15-21(20)17-32-12-6-2-3-7-13-34-25-8-4-5-9-26(25)37-24-11-10-22(30)16-23(24)31-29(33)18-32/h4-5,8-11,14-16H,2-3,6-7,12-13,17-19H2,1H3,(H,31,33). The van der Waals surface area contributed by atoms with Crippen molar-refractivity contribution in [3.8, 4) is 28.7 Å². The van der Waals surface area contributed by atoms with E-state index in [0.29, 0.717) is 41.1 Å². The first-order chi connectivity index (χ1) is 18.0. The molecule has 2 aliphatic heterocycles. The van der Waals surface area contributed by atoms with Gasteiger partial charge in [0.05, 0.1) is 18.8 Å². The second-order valence-electron chi connectivity index (χ2n) is 9.34. The van der Waals surface area contributed by atoms with Crippen molar-refractivity contribution >= 4 is 23.2 Å². The van der Waals surface area contributed by atoms with Gasteiger partial charge in [-0.15, -0.1) is 0 Å². The highest BCUT2D eigenvalue weighted by molar-refractivity contribution is 6.31. The first kappa shape index (κ1) is 25.2. The summed E-state index contributed by atoms with van der Waals surface area (Å²) in [6.07, 6.45) is 4.03. The van der Waals surface area contributed by atoms with Crippen LogP contribution in [0.1, 0.15) is 36.8 Å². The van der Waals surface area contributed by atoms with Crippen LogP contribution in [0.3, 0.4) is 0 Å². The van der Waals surface area contributed by atoms with E-state index >= 15 is 0 Å². The molecule has 0 bridgehead atoms. The molecule has 0 saturated carbocycles. The number of amides is 1. The Balaban J connectivity index is 1.38. The van der Waals surface area contributed by atoms with Gasteiger partial charge in [0, 0.05) is 11.6 Å². The maximum Gasteiger partial charge on any atom is 0.238 e. The molecule has 0 aliphatic carbocycles. The Kier molecular flexibility index (Phi) is 8.02. The lowest BCUT2D eigenvalue weighted by Gasteiger charge is -2.24. The SMILES string of the molecule is Cc1cc2c(cc1CN1CCCCCCOc3ccccc3Oc3ccc(Cl)cc3NC(=O)C1)OCO2. The van der Waals surface area contributed by atoms with Crippen molar-refractivity contribution < 1.29 is 23.7 Å². The van der Waals surface area contributed by atoms with E-state index in [1.165, 1.54) is 0 Å². The average Bonchev–Trinajstić information content (AvgIpc) is 3.32. The molecule has 8 heteroatoms. The number of carbonyl (C=O) groups is 1. The van der Waals surface area contributed by atoms with Crippen molar-refractivity contribution in [2.24, 2.45) is 0 Å². The molecule has 0 unspecified atom stereocenters. The van der Waals surface area contributed by atoms with Gasteiger partial charge in [-0.1, -0.05) is 36.6 Å². The van der Waals surface area contributed by atoms with E-state index in [-0.39, 0.29) is 19.2 Å². The van der Waals surface area contributed by atoms with Crippen molar-refractivity contribution in [2.75, 3.05) is 31.8 Å². The Morgan fingerprint density at radius 1 is 0.865 bits per heavy atom. The van der Waals surface area contributed by atoms with Gasteiger partial charge >= 0.3 is 0 Å². The Hall–Kier alpha value is -3.42. The highest BCUT2D eigenvalue weighted by Gasteiger charge is 2.20. The molecule has 5 rings (SSSR count). The molecule has 7 nitrogen and oxygen atoms in total. The summed E-state index contributed by atoms with van der Waals surface area (Å²) in [6.45, 7) is 4.57. The van der Waals surface area contributed by atoms with Crippen molar-refractivity contribution in [1.82, 2.24) is 4.90 Å². The minimum absolute atomic E-state index is 0.137. The van der Waals surface area contributed by atoms with Gasteiger partial charge < -0.3 is 24.3 Å². The number of carbonyl (C=O) groups excluding carboxylic acids is 1. The van der Waals surface area contributed by atoms with Crippen LogP contribution in [-0.2, 0) is 11.3 Å². The molecule has 2 heterocycles. The fraction of sp³-hybridized carbons (Fsp3) is 0.345. The largest absolute Gasteiger partial charge is 0.490 e. The van der Waals surface area contributed by atoms with Crippen LogP contribution in [-0.4, -0.2) is 37.3 Å². The Bertz CT molecular complexity index is 1270. The van der Waals surface area contributed by atoms with Gasteiger partial charge in [0.15, 0.2) is 28.7 Å². The minimum atomic E-state index is -0.137. The molecule has 3 aromatic rings. The van der Waals surface area contributed by atoms with Gasteiger partial charge in [-0.25, -0.2) is 0 Å². The molecule has 0 radical (unpaired) electrons. The summed E-state index contributed by atoms with van der Waals surface area (Å²) in [7, 11) is 0. The Morgan fingerprint density at radius 3 is 2.51 bits per heavy atom. The normalized spacial score (nSPS) is 16.6. The van der Waals surface area contributed by atoms with Crippen LogP contribution in [0.25, 0.3) is 0 Å². The summed E-state index contributed by atoms with van der Waals surface area (Å²) in [6, 6.07) is 16.8. The fourth-order valence-electron chi connectivity index (χ4n) is 4.54. The molecule has 0 aromatic heterocycles. The molecule has 1 amide bonds. The summed E-state index contributed by atoms with van der Waals surface area (Å²) in [5.74, 6) is 3.14. The second kappa shape index (κ2) is 11.8. The number of ether oxygens (including phenoxy) is 4. The van der Waals surface area contributed by atoms with Gasteiger partial charge in [-0.3, -0.25) is 9.69 Å². The zero-order valence-electron chi connectivity index (χ0n) is 20.9. The third-order valence-corrected chi connectivity index (χ3v) is 6.74. The molecule has 194 valence electrons. The van der Waals surface area contributed by atoms with Crippen molar-refractivity contribution in [1.29, 1.82) is 0 Å². The smallest absolute Gasteiger partial charge is 0.238 e. The predicted molar refractivity (Wildman–Crippen MR) is 143 cm³/mol. The quantitative estimate of drug-likeness (QED) is 0.411. The average molecular weight is 523 g/mol. The molecule has 1 N–H and O–H groups in total. The molecule has 0 atom stereocenters. The van der Waals surface area contributed by atoms with E-state index in [1.807, 2.05) is 36.4 Å². The zero-order valence-corrected chi connectivity index (χ0v) is 21.7. The number of hydrogen-bond donors (Lipinski definition) is 1. The number of rotatable bonds is 2. The molecule has 0 saturated heterocycles. The van der Waals surface area contributed by atoms with E-state index in [4.69, 9.17) is 30.5 Å². The van der Waals surface area contributed by atoms with E-state index in [2.05, 4.69) is 17.1 Å². The summed E-state index contributed by atoms with van der Waals surface area (Å²) in [5, 5.41) is 3.52. The fourth-order valence-corrected chi connectivity index (χ4v) is 4.71. The lowest BCUT2D eigenvalue weighted by molar-refractivity contribution is -0.117. The van der Waals surface area contributed by atoms with Gasteiger partial charge in [0.1, 0.15) is 0 Å². The summed E-state index contributed by atoms with van der Waals surface area (Å²) in [4.78, 5) is 15.4. The highest BCUT2D eigenvalue weighted by atomic mass is 35.5. The topological polar surface area (TPSA) is 69.3 Å². The first-order valence-electron chi connectivity index (χ1n) is 12.7. The number of aryl methyl sites for hydroxylation is 1. The number of fused-ring (bicyclic) bond motifs is 3. The molecule has 3 aromatic carbocycles. The lowest BCUT2D eigenvalue weighted by atomic mass is 10.1. The minimum Gasteiger partial charge on any atom is -0.490 e. The maximum absolute atomic E-state index is 13.2.